The van der Waals surface area contributed by atoms with Crippen LogP contribution in [0.4, 0.5) is 0 Å². The summed E-state index contributed by atoms with van der Waals surface area (Å²) in [4.78, 5) is 30.0. The van der Waals surface area contributed by atoms with Crippen LogP contribution in [0.1, 0.15) is 37.9 Å². The fraction of sp³-hybridized carbons (Fsp3) is 0.667. The van der Waals surface area contributed by atoms with Crippen LogP contribution in [0.3, 0.4) is 0 Å². The van der Waals surface area contributed by atoms with Crippen molar-refractivity contribution >= 4 is 11.8 Å². The zero-order chi connectivity index (χ0) is 14.7. The number of rotatable bonds is 3. The molecular formula is C15H22N4O2. The number of nitrogens with one attached hydrogen (secondary N) is 1. The Morgan fingerprint density at radius 3 is 3.14 bits per heavy atom. The van der Waals surface area contributed by atoms with E-state index in [2.05, 4.69) is 14.9 Å². The van der Waals surface area contributed by atoms with E-state index >= 15 is 0 Å². The van der Waals surface area contributed by atoms with Gasteiger partial charge in [-0.1, -0.05) is 6.42 Å². The molecule has 0 spiro atoms. The smallest absolute Gasteiger partial charge is 0.239 e. The number of fused-ring (bicyclic) bond motifs is 1. The number of aromatic nitrogens is 2. The molecule has 1 aromatic rings. The molecule has 0 aliphatic carbocycles. The number of nitrogens with zero attached hydrogens (tertiary/aromatic N) is 3. The summed E-state index contributed by atoms with van der Waals surface area (Å²) >= 11 is 0. The topological polar surface area (TPSA) is 67.2 Å². The van der Waals surface area contributed by atoms with Crippen LogP contribution < -0.4 is 5.32 Å². The summed E-state index contributed by atoms with van der Waals surface area (Å²) in [6.07, 6.45) is 9.16. The van der Waals surface area contributed by atoms with Crippen LogP contribution in [-0.2, 0) is 22.6 Å². The fourth-order valence-electron chi connectivity index (χ4n) is 3.14. The quantitative estimate of drug-likeness (QED) is 0.892. The van der Waals surface area contributed by atoms with E-state index in [0.717, 1.165) is 44.5 Å². The van der Waals surface area contributed by atoms with Gasteiger partial charge in [0.1, 0.15) is 5.82 Å². The largest absolute Gasteiger partial charge is 0.350 e. The minimum Gasteiger partial charge on any atom is -0.350 e. The lowest BCUT2D eigenvalue weighted by molar-refractivity contribution is -0.135. The van der Waals surface area contributed by atoms with Gasteiger partial charge in [0, 0.05) is 44.4 Å². The number of hydrogen-bond donors (Lipinski definition) is 1. The van der Waals surface area contributed by atoms with E-state index in [0.29, 0.717) is 13.0 Å². The normalized spacial score (nSPS) is 22.6. The van der Waals surface area contributed by atoms with E-state index in [1.807, 2.05) is 6.20 Å². The molecule has 2 amide bonds. The second kappa shape index (κ2) is 6.28. The van der Waals surface area contributed by atoms with E-state index in [9.17, 15) is 9.59 Å². The molecular weight excluding hydrogens is 268 g/mol. The van der Waals surface area contributed by atoms with Gasteiger partial charge in [0.05, 0.1) is 6.54 Å². The minimum atomic E-state index is -0.0428. The molecule has 6 nitrogen and oxygen atoms in total. The van der Waals surface area contributed by atoms with Crippen LogP contribution in [0.2, 0.25) is 0 Å². The third-order valence-electron chi connectivity index (χ3n) is 4.31. The van der Waals surface area contributed by atoms with E-state index in [1.165, 1.54) is 0 Å². The van der Waals surface area contributed by atoms with Gasteiger partial charge in [0.2, 0.25) is 11.8 Å². The number of likely N-dealkylation sites (tertiary alicyclic amines) is 1. The van der Waals surface area contributed by atoms with Gasteiger partial charge in [-0.25, -0.2) is 4.98 Å². The Morgan fingerprint density at radius 2 is 2.24 bits per heavy atom. The van der Waals surface area contributed by atoms with Gasteiger partial charge in [-0.3, -0.25) is 9.59 Å². The first-order chi connectivity index (χ1) is 10.2. The molecule has 0 saturated carbocycles. The van der Waals surface area contributed by atoms with Crippen molar-refractivity contribution in [3.63, 3.8) is 0 Å². The maximum atomic E-state index is 12.2. The van der Waals surface area contributed by atoms with Crippen molar-refractivity contribution < 1.29 is 9.59 Å². The van der Waals surface area contributed by atoms with Crippen LogP contribution in [0.15, 0.2) is 12.4 Å². The Hall–Kier alpha value is -1.85. The Morgan fingerprint density at radius 1 is 1.33 bits per heavy atom. The standard InChI is InChI=1S/C15H22N4O2/c20-14(11-19-8-3-1-2-4-15(19)21)17-12-5-6-13-16-7-9-18(13)10-12/h7,9,12H,1-6,8,10-11H2,(H,17,20)/t12-/m1/s1. The molecule has 2 aliphatic rings. The molecule has 3 heterocycles. The molecule has 21 heavy (non-hydrogen) atoms. The number of amides is 2. The van der Waals surface area contributed by atoms with Gasteiger partial charge >= 0.3 is 0 Å². The molecule has 1 N–H and O–H groups in total. The summed E-state index contributed by atoms with van der Waals surface area (Å²) in [5.74, 6) is 1.16. The first kappa shape index (κ1) is 14.1. The van der Waals surface area contributed by atoms with Gasteiger partial charge in [-0.05, 0) is 19.3 Å². The Bertz CT molecular complexity index is 525. The Balaban J connectivity index is 1.51. The number of aryl methyl sites for hydroxylation is 1. The highest BCUT2D eigenvalue weighted by molar-refractivity contribution is 5.85. The van der Waals surface area contributed by atoms with Crippen LogP contribution in [0.5, 0.6) is 0 Å². The van der Waals surface area contributed by atoms with Crippen molar-refractivity contribution in [3.05, 3.63) is 18.2 Å². The first-order valence-corrected chi connectivity index (χ1v) is 7.79. The number of imidazole rings is 1. The second-order valence-corrected chi connectivity index (χ2v) is 5.92. The average molecular weight is 290 g/mol. The lowest BCUT2D eigenvalue weighted by Crippen LogP contribution is -2.46. The average Bonchev–Trinajstić information content (AvgIpc) is 2.84. The maximum Gasteiger partial charge on any atom is 0.239 e. The van der Waals surface area contributed by atoms with Crippen LogP contribution in [0.25, 0.3) is 0 Å². The Labute approximate surface area is 124 Å². The van der Waals surface area contributed by atoms with Gasteiger partial charge in [-0.15, -0.1) is 0 Å². The second-order valence-electron chi connectivity index (χ2n) is 5.92. The predicted octanol–water partition coefficient (Wildman–Crippen LogP) is 0.717. The first-order valence-electron chi connectivity index (χ1n) is 7.79. The van der Waals surface area contributed by atoms with E-state index in [4.69, 9.17) is 0 Å². The van der Waals surface area contributed by atoms with Gasteiger partial charge in [0.25, 0.3) is 0 Å². The third-order valence-corrected chi connectivity index (χ3v) is 4.31. The summed E-state index contributed by atoms with van der Waals surface area (Å²) in [7, 11) is 0. The molecule has 0 unspecified atom stereocenters. The van der Waals surface area contributed by atoms with Crippen molar-refractivity contribution in [2.75, 3.05) is 13.1 Å². The van der Waals surface area contributed by atoms with E-state index in [-0.39, 0.29) is 24.4 Å². The summed E-state index contributed by atoms with van der Waals surface area (Å²) in [5.41, 5.74) is 0. The monoisotopic (exact) mass is 290 g/mol. The van der Waals surface area contributed by atoms with Crippen LogP contribution >= 0.6 is 0 Å². The lowest BCUT2D eigenvalue weighted by atomic mass is 10.1. The van der Waals surface area contributed by atoms with E-state index in [1.54, 1.807) is 11.1 Å². The summed E-state index contributed by atoms with van der Waals surface area (Å²) in [6, 6.07) is 0.140. The molecule has 2 aliphatic heterocycles. The molecule has 1 aromatic heterocycles. The molecule has 0 aromatic carbocycles. The summed E-state index contributed by atoms with van der Waals surface area (Å²) < 4.78 is 2.09. The highest BCUT2D eigenvalue weighted by Gasteiger charge is 2.23. The highest BCUT2D eigenvalue weighted by atomic mass is 16.2. The molecule has 1 saturated heterocycles. The molecule has 0 radical (unpaired) electrons. The predicted molar refractivity (Wildman–Crippen MR) is 77.5 cm³/mol. The minimum absolute atomic E-state index is 0.0428. The van der Waals surface area contributed by atoms with Crippen molar-refractivity contribution in [2.24, 2.45) is 0 Å². The zero-order valence-corrected chi connectivity index (χ0v) is 12.3. The van der Waals surface area contributed by atoms with Crippen molar-refractivity contribution in [1.29, 1.82) is 0 Å². The molecule has 0 bridgehead atoms. The fourth-order valence-corrected chi connectivity index (χ4v) is 3.14. The summed E-state index contributed by atoms with van der Waals surface area (Å²) in [5, 5.41) is 3.06. The highest BCUT2D eigenvalue weighted by Crippen LogP contribution is 2.14. The lowest BCUT2D eigenvalue weighted by Gasteiger charge is -2.26. The van der Waals surface area contributed by atoms with Crippen LogP contribution in [0, 0.1) is 0 Å². The summed E-state index contributed by atoms with van der Waals surface area (Å²) in [6.45, 7) is 1.68. The molecule has 1 fully saturated rings. The van der Waals surface area contributed by atoms with Gasteiger partial charge in [0.15, 0.2) is 0 Å². The van der Waals surface area contributed by atoms with Gasteiger partial charge in [-0.2, -0.15) is 0 Å². The molecule has 3 rings (SSSR count). The number of carbonyl (C=O) groups excluding carboxylic acids is 2. The number of carbonyl (C=O) groups is 2. The maximum absolute atomic E-state index is 12.2. The van der Waals surface area contributed by atoms with Crippen molar-refractivity contribution in [3.8, 4) is 0 Å². The van der Waals surface area contributed by atoms with Gasteiger partial charge < -0.3 is 14.8 Å². The molecule has 114 valence electrons. The third kappa shape index (κ3) is 3.43. The zero-order valence-electron chi connectivity index (χ0n) is 12.3. The van der Waals surface area contributed by atoms with Crippen molar-refractivity contribution in [1.82, 2.24) is 19.8 Å². The van der Waals surface area contributed by atoms with E-state index < -0.39 is 0 Å². The van der Waals surface area contributed by atoms with Crippen LogP contribution in [-0.4, -0.2) is 45.4 Å². The Kier molecular flexibility index (Phi) is 4.22. The number of hydrogen-bond acceptors (Lipinski definition) is 3. The SMILES string of the molecule is O=C(CN1CCCCCC1=O)N[C@@H]1CCc2nccn2C1. The molecule has 1 atom stereocenters. The van der Waals surface area contributed by atoms with Crippen molar-refractivity contribution in [2.45, 2.75) is 51.1 Å². The molecule has 6 heteroatoms.